The van der Waals surface area contributed by atoms with Gasteiger partial charge in [0.25, 0.3) is 0 Å². The summed E-state index contributed by atoms with van der Waals surface area (Å²) in [5, 5.41) is 2.87. The molecule has 3 nitrogen and oxygen atoms in total. The zero-order chi connectivity index (χ0) is 13.1. The fourth-order valence-corrected chi connectivity index (χ4v) is 1.55. The molecule has 0 bridgehead atoms. The fourth-order valence-electron chi connectivity index (χ4n) is 1.55. The number of amides is 1. The summed E-state index contributed by atoms with van der Waals surface area (Å²) >= 11 is 0. The fraction of sp³-hybridized carbons (Fsp3) is 0.929. The molecule has 0 heterocycles. The van der Waals surface area contributed by atoms with E-state index in [0.717, 1.165) is 32.2 Å². The third-order valence-electron chi connectivity index (χ3n) is 2.58. The van der Waals surface area contributed by atoms with Gasteiger partial charge in [-0.1, -0.05) is 27.7 Å². The lowest BCUT2D eigenvalue weighted by Gasteiger charge is -2.08. The predicted octanol–water partition coefficient (Wildman–Crippen LogP) is 2.99. The van der Waals surface area contributed by atoms with Crippen LogP contribution >= 0.6 is 0 Å². The average Bonchev–Trinajstić information content (AvgIpc) is 2.23. The van der Waals surface area contributed by atoms with Crippen molar-refractivity contribution in [2.75, 3.05) is 19.8 Å². The second-order valence-corrected chi connectivity index (χ2v) is 5.47. The van der Waals surface area contributed by atoms with Gasteiger partial charge >= 0.3 is 0 Å². The summed E-state index contributed by atoms with van der Waals surface area (Å²) in [6, 6.07) is 0. The van der Waals surface area contributed by atoms with Crippen molar-refractivity contribution < 1.29 is 9.53 Å². The van der Waals surface area contributed by atoms with Gasteiger partial charge in [-0.2, -0.15) is 0 Å². The molecule has 1 N–H and O–H groups in total. The van der Waals surface area contributed by atoms with Crippen LogP contribution in [0, 0.1) is 11.8 Å². The van der Waals surface area contributed by atoms with Crippen molar-refractivity contribution >= 4 is 5.91 Å². The minimum atomic E-state index is 0.0123. The first-order valence-corrected chi connectivity index (χ1v) is 6.86. The summed E-state index contributed by atoms with van der Waals surface area (Å²) in [5.74, 6) is 1.43. The summed E-state index contributed by atoms with van der Waals surface area (Å²) in [6.07, 6.45) is 4.42. The lowest BCUT2D eigenvalue weighted by atomic mass is 10.1. The van der Waals surface area contributed by atoms with E-state index >= 15 is 0 Å². The minimum Gasteiger partial charge on any atom is -0.372 e. The molecular formula is C14H29NO2. The van der Waals surface area contributed by atoms with Crippen LogP contribution in [0.15, 0.2) is 0 Å². The Bertz CT molecular complexity index is 191. The van der Waals surface area contributed by atoms with E-state index in [1.54, 1.807) is 0 Å². The summed E-state index contributed by atoms with van der Waals surface area (Å²) in [4.78, 5) is 11.3. The van der Waals surface area contributed by atoms with E-state index in [1.807, 2.05) is 0 Å². The first-order chi connectivity index (χ1) is 8.02. The Morgan fingerprint density at radius 1 is 1.06 bits per heavy atom. The maximum absolute atomic E-state index is 11.3. The van der Waals surface area contributed by atoms with Crippen LogP contribution in [0.5, 0.6) is 0 Å². The minimum absolute atomic E-state index is 0.0123. The number of hydrogen-bond donors (Lipinski definition) is 1. The number of rotatable bonds is 10. The van der Waals surface area contributed by atoms with Crippen LogP contribution in [0.1, 0.15) is 53.4 Å². The normalized spacial score (nSPS) is 11.2. The first kappa shape index (κ1) is 16.4. The van der Waals surface area contributed by atoms with Gasteiger partial charge in [0.1, 0.15) is 6.61 Å². The van der Waals surface area contributed by atoms with Gasteiger partial charge in [-0.25, -0.2) is 0 Å². The second kappa shape index (κ2) is 10.6. The average molecular weight is 243 g/mol. The Morgan fingerprint density at radius 3 is 2.24 bits per heavy atom. The van der Waals surface area contributed by atoms with Crippen molar-refractivity contribution in [3.63, 3.8) is 0 Å². The van der Waals surface area contributed by atoms with E-state index in [0.29, 0.717) is 18.4 Å². The first-order valence-electron chi connectivity index (χ1n) is 6.86. The molecule has 3 heteroatoms. The SMILES string of the molecule is CC(C)CCCNC(=O)COCCCC(C)C. The molecule has 0 saturated heterocycles. The summed E-state index contributed by atoms with van der Waals surface area (Å²) < 4.78 is 5.31. The molecule has 0 radical (unpaired) electrons. The molecular weight excluding hydrogens is 214 g/mol. The van der Waals surface area contributed by atoms with Crippen LogP contribution < -0.4 is 5.32 Å². The number of carbonyl (C=O) groups excluding carboxylic acids is 1. The Balaban J connectivity index is 3.23. The van der Waals surface area contributed by atoms with Gasteiger partial charge in [-0.15, -0.1) is 0 Å². The van der Waals surface area contributed by atoms with Crippen molar-refractivity contribution in [2.45, 2.75) is 53.4 Å². The second-order valence-electron chi connectivity index (χ2n) is 5.47. The molecule has 0 atom stereocenters. The van der Waals surface area contributed by atoms with Crippen molar-refractivity contribution in [3.8, 4) is 0 Å². The maximum Gasteiger partial charge on any atom is 0.245 e. The molecule has 0 aliphatic heterocycles. The van der Waals surface area contributed by atoms with Crippen molar-refractivity contribution in [2.24, 2.45) is 11.8 Å². The molecule has 0 fully saturated rings. The Kier molecular flexibility index (Phi) is 10.2. The van der Waals surface area contributed by atoms with Gasteiger partial charge in [0.2, 0.25) is 5.91 Å². The largest absolute Gasteiger partial charge is 0.372 e. The topological polar surface area (TPSA) is 38.3 Å². The summed E-state index contributed by atoms with van der Waals surface area (Å²) in [5.41, 5.74) is 0. The van der Waals surface area contributed by atoms with Gasteiger partial charge in [0.15, 0.2) is 0 Å². The number of nitrogens with one attached hydrogen (secondary N) is 1. The molecule has 17 heavy (non-hydrogen) atoms. The molecule has 1 amide bonds. The van der Waals surface area contributed by atoms with Crippen molar-refractivity contribution in [1.29, 1.82) is 0 Å². The Hall–Kier alpha value is -0.570. The molecule has 0 saturated carbocycles. The molecule has 0 rings (SSSR count). The molecule has 0 aliphatic rings. The summed E-state index contributed by atoms with van der Waals surface area (Å²) in [6.45, 7) is 10.5. The predicted molar refractivity (Wildman–Crippen MR) is 72.0 cm³/mol. The Morgan fingerprint density at radius 2 is 1.65 bits per heavy atom. The number of hydrogen-bond acceptors (Lipinski definition) is 2. The van der Waals surface area contributed by atoms with Crippen LogP contribution in [-0.4, -0.2) is 25.7 Å². The maximum atomic E-state index is 11.3. The highest BCUT2D eigenvalue weighted by molar-refractivity contribution is 5.77. The lowest BCUT2D eigenvalue weighted by molar-refractivity contribution is -0.125. The van der Waals surface area contributed by atoms with Gasteiger partial charge in [0.05, 0.1) is 0 Å². The highest BCUT2D eigenvalue weighted by atomic mass is 16.5. The van der Waals surface area contributed by atoms with Crippen LogP contribution in [0.25, 0.3) is 0 Å². The van der Waals surface area contributed by atoms with Crippen LogP contribution in [0.3, 0.4) is 0 Å². The molecule has 0 spiro atoms. The summed E-state index contributed by atoms with van der Waals surface area (Å²) in [7, 11) is 0. The smallest absolute Gasteiger partial charge is 0.245 e. The van der Waals surface area contributed by atoms with Crippen LogP contribution in [0.2, 0.25) is 0 Å². The van der Waals surface area contributed by atoms with E-state index < -0.39 is 0 Å². The van der Waals surface area contributed by atoms with E-state index in [-0.39, 0.29) is 12.5 Å². The van der Waals surface area contributed by atoms with Crippen molar-refractivity contribution in [1.82, 2.24) is 5.32 Å². The third-order valence-corrected chi connectivity index (χ3v) is 2.58. The van der Waals surface area contributed by atoms with E-state index in [9.17, 15) is 4.79 Å². The van der Waals surface area contributed by atoms with Crippen molar-refractivity contribution in [3.05, 3.63) is 0 Å². The highest BCUT2D eigenvalue weighted by Gasteiger charge is 2.01. The number of carbonyl (C=O) groups is 1. The molecule has 0 aliphatic carbocycles. The standard InChI is InChI=1S/C14H29NO2/c1-12(2)7-5-9-15-14(16)11-17-10-6-8-13(3)4/h12-13H,5-11H2,1-4H3,(H,15,16). The molecule has 0 aromatic carbocycles. The number of ether oxygens (including phenoxy) is 1. The third kappa shape index (κ3) is 13.4. The van der Waals surface area contributed by atoms with Gasteiger partial charge in [-0.05, 0) is 37.5 Å². The van der Waals surface area contributed by atoms with E-state index in [4.69, 9.17) is 4.74 Å². The quantitative estimate of drug-likeness (QED) is 0.599. The zero-order valence-electron chi connectivity index (χ0n) is 11.9. The highest BCUT2D eigenvalue weighted by Crippen LogP contribution is 2.03. The van der Waals surface area contributed by atoms with E-state index in [2.05, 4.69) is 33.0 Å². The molecule has 102 valence electrons. The molecule has 0 aromatic heterocycles. The van der Waals surface area contributed by atoms with E-state index in [1.165, 1.54) is 0 Å². The molecule has 0 aromatic rings. The lowest BCUT2D eigenvalue weighted by Crippen LogP contribution is -2.28. The van der Waals surface area contributed by atoms with Gasteiger partial charge < -0.3 is 10.1 Å². The Labute approximate surface area is 106 Å². The van der Waals surface area contributed by atoms with Gasteiger partial charge in [0, 0.05) is 13.2 Å². The molecule has 0 unspecified atom stereocenters. The van der Waals surface area contributed by atoms with Crippen LogP contribution in [0.4, 0.5) is 0 Å². The van der Waals surface area contributed by atoms with Crippen LogP contribution in [-0.2, 0) is 9.53 Å². The monoisotopic (exact) mass is 243 g/mol. The van der Waals surface area contributed by atoms with Gasteiger partial charge in [-0.3, -0.25) is 4.79 Å². The zero-order valence-corrected chi connectivity index (χ0v) is 11.9.